The molecule has 1 saturated heterocycles. The van der Waals surface area contributed by atoms with E-state index < -0.39 is 17.7 Å². The summed E-state index contributed by atoms with van der Waals surface area (Å²) in [5, 5.41) is 11.7. The quantitative estimate of drug-likeness (QED) is 0.166. The molecular weight excluding hydrogens is 540 g/mol. The number of benzene rings is 3. The summed E-state index contributed by atoms with van der Waals surface area (Å²) in [6, 6.07) is 17.4. The number of fused-ring (bicyclic) bond motifs is 1. The van der Waals surface area contributed by atoms with Crippen molar-refractivity contribution in [3.63, 3.8) is 0 Å². The minimum absolute atomic E-state index is 0.0226. The molecule has 182 valence electrons. The Morgan fingerprint density at radius 3 is 2.56 bits per heavy atom. The molecule has 0 unspecified atom stereocenters. The molecule has 5 rings (SSSR count). The predicted molar refractivity (Wildman–Crippen MR) is 146 cm³/mol. The van der Waals surface area contributed by atoms with Gasteiger partial charge < -0.3 is 9.84 Å². The van der Waals surface area contributed by atoms with Crippen molar-refractivity contribution in [3.05, 3.63) is 93.0 Å². The molecule has 0 aliphatic carbocycles. The van der Waals surface area contributed by atoms with Crippen LogP contribution in [0.1, 0.15) is 35.2 Å². The molecule has 1 N–H and O–H groups in total. The number of aliphatic hydroxyl groups excluding tert-OH is 1. The number of aromatic nitrogens is 1. The fraction of sp³-hybridized carbons (Fsp3) is 0.179. The molecule has 8 heteroatoms. The molecule has 4 aromatic rings. The maximum absolute atomic E-state index is 13.5. The lowest BCUT2D eigenvalue weighted by atomic mass is 9.95. The second-order valence-electron chi connectivity index (χ2n) is 8.61. The van der Waals surface area contributed by atoms with Gasteiger partial charge in [-0.25, -0.2) is 4.98 Å². The smallest absolute Gasteiger partial charge is 0.301 e. The maximum Gasteiger partial charge on any atom is 0.301 e. The number of ketones is 1. The van der Waals surface area contributed by atoms with Gasteiger partial charge in [0.15, 0.2) is 5.13 Å². The number of anilines is 1. The molecule has 36 heavy (non-hydrogen) atoms. The number of amides is 1. The molecule has 0 spiro atoms. The van der Waals surface area contributed by atoms with Crippen molar-refractivity contribution < 1.29 is 19.4 Å². The van der Waals surface area contributed by atoms with E-state index in [9.17, 15) is 14.7 Å². The van der Waals surface area contributed by atoms with Crippen LogP contribution in [-0.4, -0.2) is 28.4 Å². The summed E-state index contributed by atoms with van der Waals surface area (Å²) in [6.07, 6.45) is 0. The summed E-state index contributed by atoms with van der Waals surface area (Å²) < 4.78 is 7.22. The van der Waals surface area contributed by atoms with E-state index in [1.54, 1.807) is 24.3 Å². The van der Waals surface area contributed by atoms with Crippen LogP contribution in [-0.2, 0) is 9.59 Å². The van der Waals surface area contributed by atoms with Crippen molar-refractivity contribution in [3.8, 4) is 5.75 Å². The summed E-state index contributed by atoms with van der Waals surface area (Å²) in [5.41, 5.74) is 4.01. The predicted octanol–water partition coefficient (Wildman–Crippen LogP) is 6.70. The number of aryl methyl sites for hydroxylation is 2. The van der Waals surface area contributed by atoms with Gasteiger partial charge in [-0.05, 0) is 79.9 Å². The first kappa shape index (κ1) is 24.2. The van der Waals surface area contributed by atoms with Crippen LogP contribution in [0.3, 0.4) is 0 Å². The Bertz CT molecular complexity index is 1540. The van der Waals surface area contributed by atoms with Crippen molar-refractivity contribution in [2.24, 2.45) is 0 Å². The maximum atomic E-state index is 13.5. The van der Waals surface area contributed by atoms with E-state index in [1.807, 2.05) is 57.2 Å². The first-order valence-electron chi connectivity index (χ1n) is 11.5. The number of aliphatic hydroxyl groups is 1. The molecule has 0 saturated carbocycles. The van der Waals surface area contributed by atoms with Crippen LogP contribution in [0.25, 0.3) is 16.0 Å². The second-order valence-corrected chi connectivity index (χ2v) is 10.5. The fourth-order valence-electron chi connectivity index (χ4n) is 4.52. The first-order valence-corrected chi connectivity index (χ1v) is 13.1. The van der Waals surface area contributed by atoms with Gasteiger partial charge in [0.1, 0.15) is 11.5 Å². The van der Waals surface area contributed by atoms with Gasteiger partial charge in [-0.2, -0.15) is 0 Å². The van der Waals surface area contributed by atoms with E-state index in [0.29, 0.717) is 28.6 Å². The Balaban J connectivity index is 1.70. The molecule has 1 aliphatic rings. The molecule has 1 aromatic heterocycles. The summed E-state index contributed by atoms with van der Waals surface area (Å²) in [5.74, 6) is -1.06. The van der Waals surface area contributed by atoms with Gasteiger partial charge in [0.25, 0.3) is 5.78 Å². The van der Waals surface area contributed by atoms with E-state index in [4.69, 9.17) is 9.72 Å². The molecule has 3 aromatic carbocycles. The number of hydrogen-bond donors (Lipinski definition) is 1. The van der Waals surface area contributed by atoms with E-state index >= 15 is 0 Å². The molecule has 0 radical (unpaired) electrons. The lowest BCUT2D eigenvalue weighted by Gasteiger charge is -2.23. The number of hydrogen-bond acceptors (Lipinski definition) is 6. The van der Waals surface area contributed by atoms with Crippen LogP contribution in [0, 0.1) is 13.8 Å². The summed E-state index contributed by atoms with van der Waals surface area (Å²) >= 11 is 4.85. The normalized spacial score (nSPS) is 17.2. The van der Waals surface area contributed by atoms with Gasteiger partial charge in [0.05, 0.1) is 28.4 Å². The number of rotatable bonds is 5. The topological polar surface area (TPSA) is 79.7 Å². The average molecular weight is 563 g/mol. The number of nitrogens with zero attached hydrogens (tertiary/aromatic N) is 2. The Hall–Kier alpha value is -3.49. The number of carbonyl (C=O) groups excluding carboxylic acids is 2. The highest BCUT2D eigenvalue weighted by molar-refractivity contribution is 9.10. The first-order chi connectivity index (χ1) is 17.3. The van der Waals surface area contributed by atoms with Crippen molar-refractivity contribution >= 4 is 60.1 Å². The summed E-state index contributed by atoms with van der Waals surface area (Å²) in [7, 11) is 0. The summed E-state index contributed by atoms with van der Waals surface area (Å²) in [4.78, 5) is 33.0. The van der Waals surface area contributed by atoms with Gasteiger partial charge in [0, 0.05) is 10.0 Å². The molecular formula is C28H23BrN2O4S. The minimum atomic E-state index is -0.837. The van der Waals surface area contributed by atoms with Crippen LogP contribution in [0.4, 0.5) is 5.13 Å². The van der Waals surface area contributed by atoms with Crippen molar-refractivity contribution in [2.45, 2.75) is 26.8 Å². The third-order valence-corrected chi connectivity index (χ3v) is 7.57. The largest absolute Gasteiger partial charge is 0.507 e. The lowest BCUT2D eigenvalue weighted by molar-refractivity contribution is -0.132. The molecule has 1 atom stereocenters. The Labute approximate surface area is 221 Å². The van der Waals surface area contributed by atoms with Gasteiger partial charge in [0.2, 0.25) is 0 Å². The fourth-order valence-corrected chi connectivity index (χ4v) is 6.10. The molecule has 1 fully saturated rings. The highest BCUT2D eigenvalue weighted by atomic mass is 79.9. The van der Waals surface area contributed by atoms with Gasteiger partial charge in [-0.3, -0.25) is 14.5 Å². The zero-order chi connectivity index (χ0) is 25.6. The van der Waals surface area contributed by atoms with Gasteiger partial charge in [-0.15, -0.1) is 0 Å². The third kappa shape index (κ3) is 4.20. The van der Waals surface area contributed by atoms with E-state index in [0.717, 1.165) is 25.8 Å². The van der Waals surface area contributed by atoms with Gasteiger partial charge in [-0.1, -0.05) is 45.5 Å². The number of thiazole rings is 1. The molecule has 6 nitrogen and oxygen atoms in total. The zero-order valence-electron chi connectivity index (χ0n) is 19.9. The minimum Gasteiger partial charge on any atom is -0.507 e. The number of halogens is 1. The Morgan fingerprint density at radius 1 is 1.11 bits per heavy atom. The van der Waals surface area contributed by atoms with E-state index in [-0.39, 0.29) is 11.3 Å². The average Bonchev–Trinajstić information content (AvgIpc) is 3.38. The second kappa shape index (κ2) is 9.52. The summed E-state index contributed by atoms with van der Waals surface area (Å²) in [6.45, 7) is 6.39. The number of Topliss-reactive ketones (excluding diaryl/α,β-unsaturated/α-hetero) is 1. The SMILES string of the molecule is CCOc1ccc(/C(O)=C2\C(=O)C(=O)N(c3nc4c(C)cc(C)cc4s3)[C@H]2c2cccc(Br)c2)cc1. The highest BCUT2D eigenvalue weighted by Gasteiger charge is 2.48. The molecule has 0 bridgehead atoms. The van der Waals surface area contributed by atoms with E-state index in [1.165, 1.54) is 16.2 Å². The monoisotopic (exact) mass is 562 g/mol. The van der Waals surface area contributed by atoms with Crippen LogP contribution < -0.4 is 9.64 Å². The van der Waals surface area contributed by atoms with Crippen molar-refractivity contribution in [1.82, 2.24) is 4.98 Å². The highest BCUT2D eigenvalue weighted by Crippen LogP contribution is 2.45. The van der Waals surface area contributed by atoms with Crippen LogP contribution in [0.5, 0.6) is 5.75 Å². The van der Waals surface area contributed by atoms with Crippen LogP contribution >= 0.6 is 27.3 Å². The van der Waals surface area contributed by atoms with Gasteiger partial charge >= 0.3 is 5.91 Å². The number of ether oxygens (including phenoxy) is 1. The Kier molecular flexibility index (Phi) is 6.40. The standard InChI is InChI=1S/C28H23BrN2O4S/c1-4-35-20-10-8-17(9-11-20)25(32)22-24(18-6-5-7-19(29)14-18)31(27(34)26(22)33)28-30-23-16(3)12-15(2)13-21(23)36-28/h5-14,24,32H,4H2,1-3H3/b25-22+/t24-/m0/s1. The zero-order valence-corrected chi connectivity index (χ0v) is 22.3. The van der Waals surface area contributed by atoms with Crippen molar-refractivity contribution in [2.75, 3.05) is 11.5 Å². The van der Waals surface area contributed by atoms with Crippen LogP contribution in [0.15, 0.2) is 70.7 Å². The molecule has 2 heterocycles. The molecule has 1 amide bonds. The van der Waals surface area contributed by atoms with E-state index in [2.05, 4.69) is 15.9 Å². The van der Waals surface area contributed by atoms with Crippen molar-refractivity contribution in [1.29, 1.82) is 0 Å². The van der Waals surface area contributed by atoms with Crippen LogP contribution in [0.2, 0.25) is 0 Å². The molecule has 1 aliphatic heterocycles. The number of carbonyl (C=O) groups is 2. The lowest BCUT2D eigenvalue weighted by Crippen LogP contribution is -2.29. The Morgan fingerprint density at radius 2 is 1.86 bits per heavy atom. The third-order valence-electron chi connectivity index (χ3n) is 6.07.